The minimum atomic E-state index is -0.735. The summed E-state index contributed by atoms with van der Waals surface area (Å²) >= 11 is 0. The van der Waals surface area contributed by atoms with E-state index in [-0.39, 0.29) is 0 Å². The smallest absolute Gasteiger partial charge is 0.316 e. The number of carbonyl (C=O) groups is 2. The Bertz CT molecular complexity index is 397. The van der Waals surface area contributed by atoms with Crippen molar-refractivity contribution in [2.24, 2.45) is 0 Å². The molecule has 1 radical (unpaired) electrons. The SMILES string of the molecule is Cc1cc2c(cc1C)NC(=O)C(=O)[N]2. The summed E-state index contributed by atoms with van der Waals surface area (Å²) in [5, 5.41) is 6.17. The van der Waals surface area contributed by atoms with Crippen LogP contribution in [0.2, 0.25) is 0 Å². The third-order valence-electron chi connectivity index (χ3n) is 2.28. The number of benzene rings is 1. The van der Waals surface area contributed by atoms with Crippen LogP contribution in [0.15, 0.2) is 12.1 Å². The summed E-state index contributed by atoms with van der Waals surface area (Å²) in [6.45, 7) is 3.88. The molecule has 0 unspecified atom stereocenters. The molecule has 71 valence electrons. The van der Waals surface area contributed by atoms with Gasteiger partial charge in [0.15, 0.2) is 0 Å². The lowest BCUT2D eigenvalue weighted by Crippen LogP contribution is -2.33. The number of amides is 2. The summed E-state index contributed by atoms with van der Waals surface area (Å²) in [5.74, 6) is -1.40. The summed E-state index contributed by atoms with van der Waals surface area (Å²) in [4.78, 5) is 22.0. The van der Waals surface area contributed by atoms with E-state index in [9.17, 15) is 9.59 Å². The second-order valence-electron chi connectivity index (χ2n) is 3.32. The quantitative estimate of drug-likeness (QED) is 0.619. The minimum Gasteiger partial charge on any atom is -0.316 e. The van der Waals surface area contributed by atoms with E-state index in [1.807, 2.05) is 19.9 Å². The molecule has 0 saturated carbocycles. The third kappa shape index (κ3) is 1.25. The minimum absolute atomic E-state index is 0.540. The van der Waals surface area contributed by atoms with Gasteiger partial charge >= 0.3 is 11.8 Å². The maximum Gasteiger partial charge on any atom is 0.335 e. The largest absolute Gasteiger partial charge is 0.335 e. The average Bonchev–Trinajstić information content (AvgIpc) is 2.11. The topological polar surface area (TPSA) is 60.3 Å². The first-order valence-electron chi connectivity index (χ1n) is 4.26. The first-order valence-corrected chi connectivity index (χ1v) is 4.26. The van der Waals surface area contributed by atoms with Crippen molar-refractivity contribution in [1.82, 2.24) is 5.32 Å². The van der Waals surface area contributed by atoms with Gasteiger partial charge in [-0.05, 0) is 37.1 Å². The van der Waals surface area contributed by atoms with Gasteiger partial charge in [0.1, 0.15) is 0 Å². The van der Waals surface area contributed by atoms with Crippen LogP contribution < -0.4 is 10.6 Å². The van der Waals surface area contributed by atoms with Gasteiger partial charge in [-0.3, -0.25) is 9.59 Å². The van der Waals surface area contributed by atoms with Gasteiger partial charge in [-0.1, -0.05) is 0 Å². The molecule has 0 spiro atoms. The molecule has 0 saturated heterocycles. The summed E-state index contributed by atoms with van der Waals surface area (Å²) in [6, 6.07) is 3.61. The number of hydrogen-bond donors (Lipinski definition) is 1. The van der Waals surface area contributed by atoms with Crippen molar-refractivity contribution in [3.8, 4) is 0 Å². The molecule has 2 rings (SSSR count). The summed E-state index contributed by atoms with van der Waals surface area (Å²) < 4.78 is 0. The maximum atomic E-state index is 11.0. The molecular weight excluding hydrogens is 180 g/mol. The summed E-state index contributed by atoms with van der Waals surface area (Å²) in [7, 11) is 0. The fourth-order valence-corrected chi connectivity index (χ4v) is 1.33. The predicted octanol–water partition coefficient (Wildman–Crippen LogP) is 1.02. The van der Waals surface area contributed by atoms with Crippen molar-refractivity contribution >= 4 is 23.2 Å². The highest BCUT2D eigenvalue weighted by Crippen LogP contribution is 2.28. The molecule has 4 heteroatoms. The zero-order valence-corrected chi connectivity index (χ0v) is 7.92. The van der Waals surface area contributed by atoms with Gasteiger partial charge < -0.3 is 5.32 Å². The number of carbonyl (C=O) groups excluding carboxylic acids is 2. The van der Waals surface area contributed by atoms with Crippen LogP contribution in [0.25, 0.3) is 0 Å². The second-order valence-corrected chi connectivity index (χ2v) is 3.32. The number of fused-ring (bicyclic) bond motifs is 1. The van der Waals surface area contributed by atoms with Crippen LogP contribution in [0.4, 0.5) is 11.4 Å². The summed E-state index contributed by atoms with van der Waals surface area (Å²) in [5.41, 5.74) is 3.26. The van der Waals surface area contributed by atoms with Crippen molar-refractivity contribution in [3.63, 3.8) is 0 Å². The molecule has 2 amide bonds. The van der Waals surface area contributed by atoms with E-state index >= 15 is 0 Å². The molecule has 0 bridgehead atoms. The highest BCUT2D eigenvalue weighted by molar-refractivity contribution is 6.42. The zero-order valence-electron chi connectivity index (χ0n) is 7.92. The molecule has 0 atom stereocenters. The van der Waals surface area contributed by atoms with Crippen molar-refractivity contribution in [3.05, 3.63) is 23.3 Å². The van der Waals surface area contributed by atoms with Crippen molar-refractivity contribution in [2.45, 2.75) is 13.8 Å². The normalized spacial score (nSPS) is 14.4. The zero-order chi connectivity index (χ0) is 10.3. The van der Waals surface area contributed by atoms with Crippen LogP contribution >= 0.6 is 0 Å². The fraction of sp³-hybridized carbons (Fsp3) is 0.200. The maximum absolute atomic E-state index is 11.0. The molecule has 1 aliphatic rings. The van der Waals surface area contributed by atoms with Gasteiger partial charge in [-0.15, -0.1) is 0 Å². The Labute approximate surface area is 81.3 Å². The Kier molecular flexibility index (Phi) is 1.77. The molecule has 0 aliphatic carbocycles. The number of anilines is 1. The molecular formula is C10H9N2O2. The van der Waals surface area contributed by atoms with Gasteiger partial charge in [0.25, 0.3) is 0 Å². The Morgan fingerprint density at radius 1 is 1.14 bits per heavy atom. The molecule has 1 heterocycles. The second kappa shape index (κ2) is 2.83. The molecule has 0 aromatic heterocycles. The van der Waals surface area contributed by atoms with Gasteiger partial charge in [-0.2, -0.15) is 0 Å². The van der Waals surface area contributed by atoms with Gasteiger partial charge in [0.2, 0.25) is 0 Å². The molecule has 4 nitrogen and oxygen atoms in total. The van der Waals surface area contributed by atoms with Gasteiger partial charge in [0.05, 0.1) is 11.4 Å². The van der Waals surface area contributed by atoms with Gasteiger partial charge in [-0.25, -0.2) is 5.32 Å². The number of rotatable bonds is 0. The summed E-state index contributed by atoms with van der Waals surface area (Å²) in [6.07, 6.45) is 0. The van der Waals surface area contributed by atoms with Crippen LogP contribution in [0.1, 0.15) is 11.1 Å². The lowest BCUT2D eigenvalue weighted by Gasteiger charge is -2.16. The molecule has 0 fully saturated rings. The van der Waals surface area contributed by atoms with E-state index in [0.717, 1.165) is 11.1 Å². The Hall–Kier alpha value is -1.84. The molecule has 1 aromatic carbocycles. The van der Waals surface area contributed by atoms with Crippen molar-refractivity contribution in [1.29, 1.82) is 0 Å². The van der Waals surface area contributed by atoms with E-state index in [4.69, 9.17) is 0 Å². The molecule has 1 aliphatic heterocycles. The van der Waals surface area contributed by atoms with E-state index in [1.165, 1.54) is 0 Å². The van der Waals surface area contributed by atoms with E-state index in [0.29, 0.717) is 11.4 Å². The van der Waals surface area contributed by atoms with Crippen LogP contribution in [0.5, 0.6) is 0 Å². The van der Waals surface area contributed by atoms with Gasteiger partial charge in [0, 0.05) is 0 Å². The average molecular weight is 189 g/mol. The van der Waals surface area contributed by atoms with Crippen LogP contribution in [-0.4, -0.2) is 11.8 Å². The number of aryl methyl sites for hydroxylation is 2. The first kappa shape index (κ1) is 8.74. The lowest BCUT2D eigenvalue weighted by molar-refractivity contribution is -0.135. The Morgan fingerprint density at radius 3 is 2.50 bits per heavy atom. The number of nitrogens with one attached hydrogen (secondary N) is 1. The molecule has 14 heavy (non-hydrogen) atoms. The monoisotopic (exact) mass is 189 g/mol. The fourth-order valence-electron chi connectivity index (χ4n) is 1.33. The van der Waals surface area contributed by atoms with Crippen LogP contribution in [0.3, 0.4) is 0 Å². The molecule has 1 aromatic rings. The first-order chi connectivity index (χ1) is 6.58. The van der Waals surface area contributed by atoms with Crippen molar-refractivity contribution < 1.29 is 9.59 Å². The number of hydrogen-bond acceptors (Lipinski definition) is 2. The molecule has 1 N–H and O–H groups in total. The van der Waals surface area contributed by atoms with E-state index in [2.05, 4.69) is 10.6 Å². The lowest BCUT2D eigenvalue weighted by atomic mass is 10.1. The predicted molar refractivity (Wildman–Crippen MR) is 51.3 cm³/mol. The highest BCUT2D eigenvalue weighted by atomic mass is 16.2. The Morgan fingerprint density at radius 2 is 1.79 bits per heavy atom. The number of nitrogens with zero attached hydrogens (tertiary/aromatic N) is 1. The third-order valence-corrected chi connectivity index (χ3v) is 2.28. The standard InChI is InChI=1S/C10H9N2O2/c1-5-3-7-8(4-6(5)2)12-10(14)9(13)11-7/h3-4H,1-2H3,(H,11,13). The van der Waals surface area contributed by atoms with E-state index in [1.54, 1.807) is 6.07 Å². The van der Waals surface area contributed by atoms with E-state index < -0.39 is 11.8 Å². The van der Waals surface area contributed by atoms with Crippen LogP contribution in [0, 0.1) is 13.8 Å². The van der Waals surface area contributed by atoms with Crippen LogP contribution in [-0.2, 0) is 9.59 Å². The highest BCUT2D eigenvalue weighted by Gasteiger charge is 2.24. The Balaban J connectivity index is 2.53. The van der Waals surface area contributed by atoms with Crippen molar-refractivity contribution in [2.75, 3.05) is 5.32 Å².